The number of fused-ring (bicyclic) bond motifs is 1. The molecule has 14 N–H and O–H groups in total. The number of hydrogen-bond acceptors (Lipinski definition) is 17. The van der Waals surface area contributed by atoms with Crippen molar-refractivity contribution in [2.75, 3.05) is 65.4 Å². The zero-order chi connectivity index (χ0) is 87.4. The van der Waals surface area contributed by atoms with Crippen molar-refractivity contribution < 1.29 is 81.6 Å². The van der Waals surface area contributed by atoms with Gasteiger partial charge in [0.15, 0.2) is 0 Å². The molecule has 34 heteroatoms. The maximum atomic E-state index is 14.4. The third kappa shape index (κ3) is 27.8. The maximum absolute atomic E-state index is 14.4. The molecule has 34 nitrogen and oxygen atoms in total. The molecule has 0 spiro atoms. The summed E-state index contributed by atoms with van der Waals surface area (Å²) in [6.07, 6.45) is 9.74. The number of likely N-dealkylation sites (tertiary alicyclic amines) is 3. The zero-order valence-electron chi connectivity index (χ0n) is 73.4. The van der Waals surface area contributed by atoms with Gasteiger partial charge >= 0.3 is 0 Å². The Hall–Kier alpha value is -8.56. The molecule has 0 bridgehead atoms. The van der Waals surface area contributed by atoms with Gasteiger partial charge in [-0.2, -0.15) is 0 Å². The lowest BCUT2D eigenvalue weighted by Crippen LogP contribution is -3.16. The molecule has 0 aromatic carbocycles. The van der Waals surface area contributed by atoms with Crippen molar-refractivity contribution in [2.45, 2.75) is 342 Å². The van der Waals surface area contributed by atoms with Crippen LogP contribution in [0.1, 0.15) is 261 Å². The van der Waals surface area contributed by atoms with Gasteiger partial charge in [0.25, 0.3) is 0 Å². The molecular formula is C82H143N18O16+. The van der Waals surface area contributed by atoms with E-state index in [0.29, 0.717) is 57.3 Å². The SMILES string of the molecule is CCC(C)(NC(=O)C(CC(C)C)NC(=O)CNC(=O)C(C)(C)NC(=O)C1CCCCN1C(=O)C(C)(C)NC(=O)C(C)(C)NC(=O)CNC(=O)CCNC(=O)C(CC(C)C)NC(=O)C(C)(C)NC(=O)C(C)(CC)NC(=O)C1CCCCN1C(=O)C(C)(C)NC(=O)C1CCCCN1C(C)=O)C(=O)NC(CC(C)C)CN1CCC[NH+]2CCCC12. The highest BCUT2D eigenvalue weighted by Crippen LogP contribution is 2.28. The van der Waals surface area contributed by atoms with Gasteiger partial charge < -0.3 is 88.7 Å². The number of carbonyl (C=O) groups is 16. The largest absolute Gasteiger partial charge is 0.354 e. The first-order valence-electron chi connectivity index (χ1n) is 42.3. The Bertz CT molecular complexity index is 3540. The van der Waals surface area contributed by atoms with Crippen LogP contribution in [-0.4, -0.2) is 261 Å². The fraction of sp³-hybridized carbons (Fsp3) is 0.805. The van der Waals surface area contributed by atoms with Crippen LogP contribution in [0.2, 0.25) is 0 Å². The molecule has 656 valence electrons. The Morgan fingerprint density at radius 1 is 0.388 bits per heavy atom. The summed E-state index contributed by atoms with van der Waals surface area (Å²) in [5, 5.41) is 35.8. The van der Waals surface area contributed by atoms with E-state index in [2.05, 4.69) is 87.9 Å². The molecule has 10 unspecified atom stereocenters. The number of carbonyl (C=O) groups excluding carboxylic acids is 16. The molecule has 16 amide bonds. The van der Waals surface area contributed by atoms with Gasteiger partial charge in [-0.25, -0.2) is 0 Å². The summed E-state index contributed by atoms with van der Waals surface area (Å²) in [4.78, 5) is 230. The van der Waals surface area contributed by atoms with E-state index in [0.717, 1.165) is 51.7 Å². The van der Waals surface area contributed by atoms with E-state index < -0.39 is 165 Å². The highest BCUT2D eigenvalue weighted by atomic mass is 16.2. The van der Waals surface area contributed by atoms with Gasteiger partial charge in [-0.15, -0.1) is 0 Å². The molecule has 5 rings (SSSR count). The standard InChI is InChI=1S/C82H142N18O16/c1-22-81(20,72(113)86-54(44-50(3)4)49-97-40-31-39-96-38-30-35-63(96)97)92-65(106)56(46-52(7)8)87-61(103)47-85-69(110)76(10,11)90-67(108)58-33-25-28-42-99(58)75(116)80(18,19)94-71(112)78(14,15)89-62(104)48-84-60(102)36-37-83-64(105)55(45-51(5)6)88-70(111)77(12,13)95-73(114)82(21,23-2)93-68(109)59-34-26-29-43-100(59)74(115)79(16,17)91-66(107)57-32-24-27-41-98(57)53(9)101/h50-52,54-59,63H,22-49H2,1-21H3,(H,83,105)(H,84,102)(H,85,110)(H,86,113)(H,87,103)(H,88,111)(H,89,104)(H,90,108)(H,91,107)(H,92,106)(H,93,109)(H,94,112)(H,95,114)/p+1. The van der Waals surface area contributed by atoms with Crippen LogP contribution in [0.4, 0.5) is 0 Å². The van der Waals surface area contributed by atoms with E-state index in [1.165, 1.54) is 90.4 Å². The Morgan fingerprint density at radius 2 is 0.836 bits per heavy atom. The van der Waals surface area contributed by atoms with E-state index in [9.17, 15) is 76.7 Å². The molecule has 5 aliphatic rings. The lowest BCUT2D eigenvalue weighted by molar-refractivity contribution is -0.930. The third-order valence-electron chi connectivity index (χ3n) is 23.1. The number of quaternary nitrogens is 1. The van der Waals surface area contributed by atoms with Crippen LogP contribution in [0, 0.1) is 17.8 Å². The normalized spacial score (nSPS) is 20.8. The smallest absolute Gasteiger partial charge is 0.248 e. The molecule has 5 aliphatic heterocycles. The van der Waals surface area contributed by atoms with Gasteiger partial charge in [-0.3, -0.25) is 81.6 Å². The average molecular weight is 1640 g/mol. The molecule has 0 saturated carbocycles. The minimum absolute atomic E-state index is 0.0559. The lowest BCUT2D eigenvalue weighted by Gasteiger charge is -2.42. The first kappa shape index (κ1) is 98.0. The van der Waals surface area contributed by atoms with E-state index in [4.69, 9.17) is 0 Å². The van der Waals surface area contributed by atoms with E-state index >= 15 is 0 Å². The van der Waals surface area contributed by atoms with Crippen LogP contribution in [0.5, 0.6) is 0 Å². The lowest BCUT2D eigenvalue weighted by atomic mass is 9.91. The van der Waals surface area contributed by atoms with Gasteiger partial charge in [0.05, 0.1) is 26.2 Å². The first-order valence-corrected chi connectivity index (χ1v) is 42.3. The predicted molar refractivity (Wildman–Crippen MR) is 436 cm³/mol. The fourth-order valence-corrected chi connectivity index (χ4v) is 15.8. The Morgan fingerprint density at radius 3 is 1.36 bits per heavy atom. The summed E-state index contributed by atoms with van der Waals surface area (Å²) in [7, 11) is 0. The van der Waals surface area contributed by atoms with Crippen LogP contribution < -0.4 is 74.0 Å². The minimum Gasteiger partial charge on any atom is -0.354 e. The van der Waals surface area contributed by atoms with Crippen molar-refractivity contribution in [3.05, 3.63) is 0 Å². The molecule has 5 saturated heterocycles. The monoisotopic (exact) mass is 1640 g/mol. The summed E-state index contributed by atoms with van der Waals surface area (Å²) in [6, 6.07) is -5.15. The van der Waals surface area contributed by atoms with Crippen molar-refractivity contribution in [1.29, 1.82) is 0 Å². The zero-order valence-corrected chi connectivity index (χ0v) is 73.4. The molecule has 0 radical (unpaired) electrons. The van der Waals surface area contributed by atoms with Crippen molar-refractivity contribution in [3.8, 4) is 0 Å². The molecule has 0 aliphatic carbocycles. The van der Waals surface area contributed by atoms with Crippen molar-refractivity contribution in [1.82, 2.24) is 88.7 Å². The number of piperidine rings is 3. The fourth-order valence-electron chi connectivity index (χ4n) is 15.8. The van der Waals surface area contributed by atoms with E-state index in [-0.39, 0.29) is 94.3 Å². The molecule has 116 heavy (non-hydrogen) atoms. The Balaban J connectivity index is 1.08. The van der Waals surface area contributed by atoms with Crippen LogP contribution in [0.25, 0.3) is 0 Å². The minimum atomic E-state index is -1.67. The third-order valence-corrected chi connectivity index (χ3v) is 23.1. The van der Waals surface area contributed by atoms with Crippen LogP contribution in [-0.2, 0) is 76.7 Å². The van der Waals surface area contributed by atoms with E-state index in [1.807, 2.05) is 34.6 Å². The molecule has 10 atom stereocenters. The second kappa shape index (κ2) is 42.2. The quantitative estimate of drug-likeness (QED) is 0.0392. The summed E-state index contributed by atoms with van der Waals surface area (Å²) in [6.45, 7) is 37.7. The maximum Gasteiger partial charge on any atom is 0.248 e. The molecule has 5 heterocycles. The first-order chi connectivity index (χ1) is 53.8. The molecular weight excluding hydrogens is 1490 g/mol. The van der Waals surface area contributed by atoms with Crippen LogP contribution >= 0.6 is 0 Å². The van der Waals surface area contributed by atoms with Crippen molar-refractivity contribution >= 4 is 94.5 Å². The Kier molecular flexibility index (Phi) is 35.7. The number of nitrogens with zero attached hydrogens (tertiary/aromatic N) is 4. The van der Waals surface area contributed by atoms with Gasteiger partial charge in [0, 0.05) is 77.9 Å². The predicted octanol–water partition coefficient (Wildman–Crippen LogP) is 0.235. The van der Waals surface area contributed by atoms with Gasteiger partial charge in [0.2, 0.25) is 94.5 Å². The summed E-state index contributed by atoms with van der Waals surface area (Å²) in [5.41, 5.74) is -11.0. The summed E-state index contributed by atoms with van der Waals surface area (Å²) < 4.78 is 0. The van der Waals surface area contributed by atoms with Gasteiger partial charge in [0.1, 0.15) is 75.1 Å². The highest BCUT2D eigenvalue weighted by Gasteiger charge is 2.49. The van der Waals surface area contributed by atoms with Crippen LogP contribution in [0.15, 0.2) is 0 Å². The van der Waals surface area contributed by atoms with Crippen LogP contribution in [0.3, 0.4) is 0 Å². The second-order valence-electron chi connectivity index (χ2n) is 37.0. The van der Waals surface area contributed by atoms with Gasteiger partial charge in [-0.1, -0.05) is 55.4 Å². The average Bonchev–Trinajstić information content (AvgIpc) is 1.06. The van der Waals surface area contributed by atoms with Crippen molar-refractivity contribution in [3.63, 3.8) is 0 Å². The highest BCUT2D eigenvalue weighted by molar-refractivity contribution is 6.02. The summed E-state index contributed by atoms with van der Waals surface area (Å²) in [5.74, 6) is -9.61. The molecule has 5 fully saturated rings. The number of amides is 16. The van der Waals surface area contributed by atoms with E-state index in [1.54, 1.807) is 32.6 Å². The Labute approximate surface area is 687 Å². The van der Waals surface area contributed by atoms with Gasteiger partial charge in [-0.05, 0) is 191 Å². The molecule has 0 aromatic heterocycles. The topological polar surface area (TPSA) is 447 Å². The van der Waals surface area contributed by atoms with Crippen molar-refractivity contribution in [2.24, 2.45) is 17.8 Å². The number of nitrogens with one attached hydrogen (secondary N) is 14. The second-order valence-corrected chi connectivity index (χ2v) is 37.0. The summed E-state index contributed by atoms with van der Waals surface area (Å²) >= 11 is 0. The molecule has 0 aromatic rings. The number of hydrogen-bond donors (Lipinski definition) is 14. The number of rotatable bonds is 39.